The normalized spacial score (nSPS) is 10.1. The van der Waals surface area contributed by atoms with Crippen LogP contribution in [0.2, 0.25) is 0 Å². The standard InChI is InChI=1S/C13H14N4O3/c1-3-14-13-15-7-6-12(16-13)20-11-8-10(17(18)19)5-4-9(11)2/h4-8H,3H2,1-2H3,(H,14,15,16). The number of nitrogens with one attached hydrogen (secondary N) is 1. The molecule has 7 heteroatoms. The summed E-state index contributed by atoms with van der Waals surface area (Å²) in [6.07, 6.45) is 1.56. The first kappa shape index (κ1) is 13.7. The number of aromatic nitrogens is 2. The van der Waals surface area contributed by atoms with E-state index < -0.39 is 4.92 Å². The van der Waals surface area contributed by atoms with Crippen LogP contribution < -0.4 is 10.1 Å². The Morgan fingerprint density at radius 2 is 2.20 bits per heavy atom. The molecule has 0 amide bonds. The maximum atomic E-state index is 10.8. The lowest BCUT2D eigenvalue weighted by Gasteiger charge is -2.08. The van der Waals surface area contributed by atoms with E-state index in [1.807, 2.05) is 13.8 Å². The molecule has 0 bridgehead atoms. The molecule has 2 rings (SSSR count). The molecule has 0 aliphatic heterocycles. The molecule has 0 saturated heterocycles. The highest BCUT2D eigenvalue weighted by Gasteiger charge is 2.11. The van der Waals surface area contributed by atoms with Gasteiger partial charge in [0.2, 0.25) is 11.8 Å². The van der Waals surface area contributed by atoms with Gasteiger partial charge in [-0.25, -0.2) is 4.98 Å². The molecule has 1 aromatic carbocycles. The molecule has 0 spiro atoms. The van der Waals surface area contributed by atoms with Crippen molar-refractivity contribution in [1.29, 1.82) is 0 Å². The van der Waals surface area contributed by atoms with Crippen molar-refractivity contribution < 1.29 is 9.66 Å². The van der Waals surface area contributed by atoms with Gasteiger partial charge in [-0.2, -0.15) is 4.98 Å². The summed E-state index contributed by atoms with van der Waals surface area (Å²) in [5.74, 6) is 1.19. The zero-order valence-electron chi connectivity index (χ0n) is 11.2. The predicted molar refractivity (Wildman–Crippen MR) is 74.1 cm³/mol. The number of aryl methyl sites for hydroxylation is 1. The van der Waals surface area contributed by atoms with E-state index >= 15 is 0 Å². The minimum Gasteiger partial charge on any atom is -0.438 e. The van der Waals surface area contributed by atoms with Crippen molar-refractivity contribution in [3.63, 3.8) is 0 Å². The number of benzene rings is 1. The molecule has 104 valence electrons. The van der Waals surface area contributed by atoms with Gasteiger partial charge in [-0.05, 0) is 25.5 Å². The van der Waals surface area contributed by atoms with Crippen LogP contribution in [0.3, 0.4) is 0 Å². The zero-order chi connectivity index (χ0) is 14.5. The summed E-state index contributed by atoms with van der Waals surface area (Å²) in [5, 5.41) is 13.7. The van der Waals surface area contributed by atoms with Crippen molar-refractivity contribution in [1.82, 2.24) is 9.97 Å². The van der Waals surface area contributed by atoms with E-state index in [-0.39, 0.29) is 5.69 Å². The second-order valence-corrected chi connectivity index (χ2v) is 4.06. The van der Waals surface area contributed by atoms with Crippen LogP contribution in [0.4, 0.5) is 11.6 Å². The van der Waals surface area contributed by atoms with Crippen LogP contribution in [0.15, 0.2) is 30.5 Å². The molecular formula is C13H14N4O3. The first-order chi connectivity index (χ1) is 9.60. The number of nitro groups is 1. The number of rotatable bonds is 5. The number of anilines is 1. The maximum Gasteiger partial charge on any atom is 0.273 e. The topological polar surface area (TPSA) is 90.2 Å². The van der Waals surface area contributed by atoms with Crippen LogP contribution in [0.25, 0.3) is 0 Å². The molecule has 0 unspecified atom stereocenters. The number of nitrogens with zero attached hydrogens (tertiary/aromatic N) is 3. The average Bonchev–Trinajstić information content (AvgIpc) is 2.42. The fraction of sp³-hybridized carbons (Fsp3) is 0.231. The highest BCUT2D eigenvalue weighted by atomic mass is 16.6. The van der Waals surface area contributed by atoms with E-state index in [1.54, 1.807) is 18.3 Å². The van der Waals surface area contributed by atoms with Crippen molar-refractivity contribution >= 4 is 11.6 Å². The monoisotopic (exact) mass is 274 g/mol. The average molecular weight is 274 g/mol. The molecule has 0 aliphatic rings. The Morgan fingerprint density at radius 1 is 1.40 bits per heavy atom. The van der Waals surface area contributed by atoms with E-state index in [0.717, 1.165) is 5.56 Å². The Bertz CT molecular complexity index is 631. The van der Waals surface area contributed by atoms with Gasteiger partial charge in [-0.1, -0.05) is 0 Å². The summed E-state index contributed by atoms with van der Waals surface area (Å²) in [5.41, 5.74) is 0.769. The van der Waals surface area contributed by atoms with Crippen LogP contribution >= 0.6 is 0 Å². The molecule has 0 atom stereocenters. The van der Waals surface area contributed by atoms with Crippen LogP contribution in [0.5, 0.6) is 11.6 Å². The summed E-state index contributed by atoms with van der Waals surface area (Å²) in [6, 6.07) is 6.05. The van der Waals surface area contributed by atoms with Gasteiger partial charge in [-0.15, -0.1) is 0 Å². The minimum absolute atomic E-state index is 0.0217. The molecule has 0 fully saturated rings. The van der Waals surface area contributed by atoms with Gasteiger partial charge in [0.1, 0.15) is 5.75 Å². The van der Waals surface area contributed by atoms with Gasteiger partial charge in [0, 0.05) is 24.9 Å². The van der Waals surface area contributed by atoms with E-state index in [0.29, 0.717) is 24.1 Å². The second-order valence-electron chi connectivity index (χ2n) is 4.06. The van der Waals surface area contributed by atoms with Crippen LogP contribution in [0, 0.1) is 17.0 Å². The van der Waals surface area contributed by atoms with Crippen LogP contribution in [-0.2, 0) is 0 Å². The number of non-ortho nitro benzene ring substituents is 1. The number of hydrogen-bond acceptors (Lipinski definition) is 6. The fourth-order valence-corrected chi connectivity index (χ4v) is 1.57. The van der Waals surface area contributed by atoms with E-state index in [9.17, 15) is 10.1 Å². The summed E-state index contributed by atoms with van der Waals surface area (Å²) in [6.45, 7) is 4.44. The third kappa shape index (κ3) is 3.19. The Kier molecular flexibility index (Phi) is 4.09. The molecular weight excluding hydrogens is 260 g/mol. The predicted octanol–water partition coefficient (Wildman–Crippen LogP) is 2.92. The summed E-state index contributed by atoms with van der Waals surface area (Å²) in [7, 11) is 0. The van der Waals surface area contributed by atoms with E-state index in [2.05, 4.69) is 15.3 Å². The summed E-state index contributed by atoms with van der Waals surface area (Å²) >= 11 is 0. The molecule has 0 saturated carbocycles. The number of hydrogen-bond donors (Lipinski definition) is 1. The van der Waals surface area contributed by atoms with Crippen molar-refractivity contribution in [2.75, 3.05) is 11.9 Å². The Labute approximate surface area is 115 Å². The van der Waals surface area contributed by atoms with Gasteiger partial charge >= 0.3 is 0 Å². The Balaban J connectivity index is 2.27. The largest absolute Gasteiger partial charge is 0.438 e. The number of nitro benzene ring substituents is 1. The smallest absolute Gasteiger partial charge is 0.273 e. The fourth-order valence-electron chi connectivity index (χ4n) is 1.57. The highest BCUT2D eigenvalue weighted by molar-refractivity contribution is 5.45. The molecule has 1 aromatic heterocycles. The molecule has 1 heterocycles. The minimum atomic E-state index is -0.462. The lowest BCUT2D eigenvalue weighted by Crippen LogP contribution is -2.02. The molecule has 1 N–H and O–H groups in total. The SMILES string of the molecule is CCNc1nccc(Oc2cc([N+](=O)[O-])ccc2C)n1. The van der Waals surface area contributed by atoms with Crippen molar-refractivity contribution in [3.05, 3.63) is 46.1 Å². The van der Waals surface area contributed by atoms with Crippen molar-refractivity contribution in [3.8, 4) is 11.6 Å². The molecule has 0 aliphatic carbocycles. The van der Waals surface area contributed by atoms with Gasteiger partial charge in [0.05, 0.1) is 11.0 Å². The first-order valence-corrected chi connectivity index (χ1v) is 6.10. The second kappa shape index (κ2) is 5.96. The third-order valence-corrected chi connectivity index (χ3v) is 2.56. The molecule has 7 nitrogen and oxygen atoms in total. The van der Waals surface area contributed by atoms with Crippen LogP contribution in [0.1, 0.15) is 12.5 Å². The van der Waals surface area contributed by atoms with Crippen LogP contribution in [-0.4, -0.2) is 21.4 Å². The zero-order valence-corrected chi connectivity index (χ0v) is 11.2. The highest BCUT2D eigenvalue weighted by Crippen LogP contribution is 2.28. The van der Waals surface area contributed by atoms with Gasteiger partial charge in [-0.3, -0.25) is 10.1 Å². The van der Waals surface area contributed by atoms with Gasteiger partial charge in [0.15, 0.2) is 0 Å². The Morgan fingerprint density at radius 3 is 2.90 bits per heavy atom. The van der Waals surface area contributed by atoms with E-state index in [1.165, 1.54) is 12.1 Å². The summed E-state index contributed by atoms with van der Waals surface area (Å²) in [4.78, 5) is 18.5. The first-order valence-electron chi connectivity index (χ1n) is 6.10. The number of ether oxygens (including phenoxy) is 1. The van der Waals surface area contributed by atoms with Crippen molar-refractivity contribution in [2.24, 2.45) is 0 Å². The molecule has 0 radical (unpaired) electrons. The lowest BCUT2D eigenvalue weighted by atomic mass is 10.2. The third-order valence-electron chi connectivity index (χ3n) is 2.56. The molecule has 2 aromatic rings. The Hall–Kier alpha value is -2.70. The molecule has 20 heavy (non-hydrogen) atoms. The van der Waals surface area contributed by atoms with Crippen molar-refractivity contribution in [2.45, 2.75) is 13.8 Å². The quantitative estimate of drug-likeness (QED) is 0.666. The summed E-state index contributed by atoms with van der Waals surface area (Å²) < 4.78 is 5.59. The van der Waals surface area contributed by atoms with E-state index in [4.69, 9.17) is 4.74 Å². The lowest BCUT2D eigenvalue weighted by molar-refractivity contribution is -0.384. The van der Waals surface area contributed by atoms with Gasteiger partial charge < -0.3 is 10.1 Å². The van der Waals surface area contributed by atoms with Gasteiger partial charge in [0.25, 0.3) is 5.69 Å². The maximum absolute atomic E-state index is 10.8.